The van der Waals surface area contributed by atoms with Crippen molar-refractivity contribution in [2.24, 2.45) is 0 Å². The SMILES string of the molecule is COc1ccc(NC(=O)O[C@H](C/C=C/C=C/C(=O)NO)c2ccc(OCCO[Si](CCC(F)(F)C(F)(F)C(F)(F)C(F)(F)C(F)(F)C(F)(F)C(F)(F)C(F)(F)F)(C(C)C)C(C)C)cc2)cc1. The summed E-state index contributed by atoms with van der Waals surface area (Å²) in [7, 11) is -2.58. The van der Waals surface area contributed by atoms with Crippen LogP contribution in [0.1, 0.15) is 52.2 Å². The highest BCUT2D eigenvalue weighted by Crippen LogP contribution is 2.64. The molecular formula is C39H43F17N2O7Si. The van der Waals surface area contributed by atoms with Gasteiger partial charge in [-0.2, -0.15) is 74.6 Å². The van der Waals surface area contributed by atoms with Crippen LogP contribution in [0.25, 0.3) is 0 Å². The zero-order chi connectivity index (χ0) is 51.0. The van der Waals surface area contributed by atoms with Gasteiger partial charge < -0.3 is 18.6 Å². The molecule has 0 aliphatic heterocycles. The standard InChI is InChI=1S/C39H43F17N2O7Si/c1-23(2)66(24(3)4,22-19-32(40,41)33(42,43)34(44,45)35(46,47)36(48,49)37(50,51)38(52,53)39(54,55)56)64-21-20-63-28-15-11-25(12-16-28)29(9-7-6-8-10-30(59)58-61)65-31(60)57-26-13-17-27(62-5)18-14-26/h6-8,10-18,23-24,29,61H,9,19-22H2,1-5H3,(H,57,60)(H,58,59)/b7-6+,10-8+/t29-/m1/s1. The molecule has 2 amide bonds. The molecule has 0 heterocycles. The van der Waals surface area contributed by atoms with E-state index in [2.05, 4.69) is 5.32 Å². The number of carbonyl (C=O) groups is 2. The number of alkyl halides is 17. The van der Waals surface area contributed by atoms with E-state index in [0.717, 1.165) is 6.08 Å². The minimum atomic E-state index is -8.71. The van der Waals surface area contributed by atoms with Crippen molar-refractivity contribution < 1.29 is 108 Å². The fourth-order valence-corrected chi connectivity index (χ4v) is 10.7. The molecule has 0 aliphatic carbocycles. The second-order valence-electron chi connectivity index (χ2n) is 14.9. The number of hydrogen-bond donors (Lipinski definition) is 3. The Morgan fingerprint density at radius 1 is 0.667 bits per heavy atom. The summed E-state index contributed by atoms with van der Waals surface area (Å²) in [6.45, 7) is 4.25. The number of benzene rings is 2. The van der Waals surface area contributed by atoms with Crippen molar-refractivity contribution in [2.75, 3.05) is 25.6 Å². The normalized spacial score (nSPS) is 14.6. The van der Waals surface area contributed by atoms with Crippen LogP contribution in [0.2, 0.25) is 17.1 Å². The lowest BCUT2D eigenvalue weighted by Gasteiger charge is -2.44. The summed E-state index contributed by atoms with van der Waals surface area (Å²) in [4.78, 5) is 24.0. The molecule has 0 saturated carbocycles. The van der Waals surface area contributed by atoms with Crippen LogP contribution in [0.4, 0.5) is 85.1 Å². The van der Waals surface area contributed by atoms with Gasteiger partial charge in [0.1, 0.15) is 24.2 Å². The Labute approximate surface area is 366 Å². The molecule has 0 fully saturated rings. The van der Waals surface area contributed by atoms with Gasteiger partial charge in [0, 0.05) is 24.6 Å². The third-order valence-corrected chi connectivity index (χ3v) is 15.8. The first-order chi connectivity index (χ1) is 30.0. The van der Waals surface area contributed by atoms with Crippen molar-refractivity contribution in [1.82, 2.24) is 5.48 Å². The number of hydroxylamine groups is 1. The summed E-state index contributed by atoms with van der Waals surface area (Å²) in [5.41, 5.74) is 0.320. The molecule has 0 saturated heterocycles. The third kappa shape index (κ3) is 12.0. The topological polar surface area (TPSA) is 115 Å². The first-order valence-corrected chi connectivity index (χ1v) is 21.3. The summed E-state index contributed by atoms with van der Waals surface area (Å²) in [5, 5.41) is 11.1. The fraction of sp³-hybridized carbons (Fsp3) is 0.538. The number of allylic oxidation sites excluding steroid dienone is 2. The molecule has 27 heteroatoms. The molecule has 3 N–H and O–H groups in total. The molecule has 0 bridgehead atoms. The van der Waals surface area contributed by atoms with Crippen LogP contribution in [0.15, 0.2) is 72.8 Å². The van der Waals surface area contributed by atoms with Gasteiger partial charge in [-0.15, -0.1) is 0 Å². The molecule has 66 heavy (non-hydrogen) atoms. The smallest absolute Gasteiger partial charge is 0.460 e. The van der Waals surface area contributed by atoms with Crippen LogP contribution in [-0.4, -0.2) is 93.5 Å². The Kier molecular flexibility index (Phi) is 18.6. The first kappa shape index (κ1) is 57.3. The van der Waals surface area contributed by atoms with E-state index < -0.39 is 111 Å². The number of rotatable bonds is 24. The van der Waals surface area contributed by atoms with Crippen molar-refractivity contribution in [3.8, 4) is 11.5 Å². The average molecular weight is 1000 g/mol. The summed E-state index contributed by atoms with van der Waals surface area (Å²) in [5.74, 6) is -57.1. The van der Waals surface area contributed by atoms with Gasteiger partial charge in [-0.25, -0.2) is 10.3 Å². The van der Waals surface area contributed by atoms with Crippen molar-refractivity contribution >= 4 is 26.0 Å². The Hall–Kier alpha value is -4.79. The predicted molar refractivity (Wildman–Crippen MR) is 203 cm³/mol. The molecule has 2 rings (SSSR count). The second-order valence-corrected chi connectivity index (χ2v) is 19.9. The van der Waals surface area contributed by atoms with Crippen LogP contribution in [0, 0.1) is 0 Å². The van der Waals surface area contributed by atoms with Crippen LogP contribution < -0.4 is 20.3 Å². The quantitative estimate of drug-likeness (QED) is 0.0182. The molecule has 2 aromatic carbocycles. The minimum absolute atomic E-state index is 0.0284. The summed E-state index contributed by atoms with van der Waals surface area (Å²) in [6, 6.07) is 10.5. The maximum atomic E-state index is 15.0. The van der Waals surface area contributed by atoms with E-state index in [9.17, 15) is 84.2 Å². The summed E-state index contributed by atoms with van der Waals surface area (Å²) >= 11 is 0. The highest BCUT2D eigenvalue weighted by molar-refractivity contribution is 6.76. The molecule has 0 aliphatic rings. The molecule has 374 valence electrons. The molecule has 0 aromatic heterocycles. The van der Waals surface area contributed by atoms with Crippen molar-refractivity contribution in [3.63, 3.8) is 0 Å². The Morgan fingerprint density at radius 2 is 1.15 bits per heavy atom. The molecule has 0 spiro atoms. The number of amides is 2. The molecule has 9 nitrogen and oxygen atoms in total. The van der Waals surface area contributed by atoms with Crippen LogP contribution in [-0.2, 0) is 14.0 Å². The predicted octanol–water partition coefficient (Wildman–Crippen LogP) is 12.6. The van der Waals surface area contributed by atoms with E-state index in [1.54, 1.807) is 12.1 Å². The van der Waals surface area contributed by atoms with Gasteiger partial charge in [0.05, 0.1) is 13.7 Å². The maximum absolute atomic E-state index is 15.0. The van der Waals surface area contributed by atoms with Gasteiger partial charge in [0.25, 0.3) is 5.91 Å². The number of ether oxygens (including phenoxy) is 3. The van der Waals surface area contributed by atoms with Crippen molar-refractivity contribution in [2.45, 2.75) is 111 Å². The second kappa shape index (κ2) is 21.4. The zero-order valence-electron chi connectivity index (χ0n) is 35.0. The lowest BCUT2D eigenvalue weighted by molar-refractivity contribution is -0.461. The van der Waals surface area contributed by atoms with Crippen LogP contribution >= 0.6 is 0 Å². The lowest BCUT2D eigenvalue weighted by Crippen LogP contribution is -2.74. The number of anilines is 1. The average Bonchev–Trinajstić information content (AvgIpc) is 3.22. The number of hydrogen-bond acceptors (Lipinski definition) is 7. The van der Waals surface area contributed by atoms with Gasteiger partial charge in [-0.1, -0.05) is 58.1 Å². The molecule has 0 unspecified atom stereocenters. The van der Waals surface area contributed by atoms with Gasteiger partial charge in [-0.05, 0) is 59.1 Å². The zero-order valence-corrected chi connectivity index (χ0v) is 36.0. The number of halogens is 17. The van der Waals surface area contributed by atoms with Crippen molar-refractivity contribution in [3.05, 3.63) is 78.4 Å². The van der Waals surface area contributed by atoms with E-state index in [1.165, 1.54) is 94.9 Å². The molecule has 2 aromatic rings. The monoisotopic (exact) mass is 1000 g/mol. The van der Waals surface area contributed by atoms with Gasteiger partial charge in [-0.3, -0.25) is 15.3 Å². The van der Waals surface area contributed by atoms with Gasteiger partial charge in [0.15, 0.2) is 8.32 Å². The molecular weight excluding hydrogens is 959 g/mol. The lowest BCUT2D eigenvalue weighted by atomic mass is 9.88. The highest BCUT2D eigenvalue weighted by atomic mass is 28.4. The molecule has 0 radical (unpaired) electrons. The first-order valence-electron chi connectivity index (χ1n) is 19.0. The van der Waals surface area contributed by atoms with E-state index in [4.69, 9.17) is 23.8 Å². The van der Waals surface area contributed by atoms with Crippen LogP contribution in [0.5, 0.6) is 11.5 Å². The minimum Gasteiger partial charge on any atom is -0.497 e. The van der Waals surface area contributed by atoms with E-state index >= 15 is 0 Å². The highest BCUT2D eigenvalue weighted by Gasteiger charge is 2.95. The van der Waals surface area contributed by atoms with Gasteiger partial charge >= 0.3 is 53.7 Å². The number of nitrogens with one attached hydrogen (secondary N) is 2. The Morgan fingerprint density at radius 3 is 1.62 bits per heavy atom. The van der Waals surface area contributed by atoms with E-state index in [-0.39, 0.29) is 12.2 Å². The van der Waals surface area contributed by atoms with Crippen LogP contribution in [0.3, 0.4) is 0 Å². The number of carbonyl (C=O) groups excluding carboxylic acids is 2. The van der Waals surface area contributed by atoms with Gasteiger partial charge in [0.2, 0.25) is 0 Å². The largest absolute Gasteiger partial charge is 0.497 e. The number of methoxy groups -OCH3 is 1. The van der Waals surface area contributed by atoms with E-state index in [1.807, 2.05) is 0 Å². The molecule has 1 atom stereocenters. The van der Waals surface area contributed by atoms with E-state index in [0.29, 0.717) is 17.0 Å². The summed E-state index contributed by atoms with van der Waals surface area (Å²) < 4.78 is 258. The Bertz CT molecular complexity index is 1960. The maximum Gasteiger partial charge on any atom is 0.460 e. The van der Waals surface area contributed by atoms with Crippen molar-refractivity contribution in [1.29, 1.82) is 0 Å². The Balaban J connectivity index is 2.27. The third-order valence-electron chi connectivity index (χ3n) is 10.1. The fourth-order valence-electron chi connectivity index (χ4n) is 6.19. The summed E-state index contributed by atoms with van der Waals surface area (Å²) in [6.07, 6.45) is -7.08.